The van der Waals surface area contributed by atoms with Crippen LogP contribution in [0.4, 0.5) is 5.69 Å². The molecule has 0 saturated carbocycles. The Morgan fingerprint density at radius 1 is 1.06 bits per heavy atom. The number of nitrogens with one attached hydrogen (secondary N) is 2. The Morgan fingerprint density at radius 3 is 1.72 bits per heavy atom. The Balaban J connectivity index is 0.000000184. The summed E-state index contributed by atoms with van der Waals surface area (Å²) in [5.74, 6) is 0. The number of aromatic amines is 2. The fraction of sp³-hybridized carbons (Fsp3) is 0.400. The molecule has 7 nitrogen and oxygen atoms in total. The molecule has 0 amide bonds. The van der Waals surface area contributed by atoms with Gasteiger partial charge in [-0.1, -0.05) is 0 Å². The van der Waals surface area contributed by atoms with Gasteiger partial charge in [0.15, 0.2) is 0 Å². The fourth-order valence-corrected chi connectivity index (χ4v) is 1.53. The summed E-state index contributed by atoms with van der Waals surface area (Å²) in [6.07, 6.45) is 0. The van der Waals surface area contributed by atoms with E-state index in [0.29, 0.717) is 11.4 Å². The quantitative estimate of drug-likeness (QED) is 0.624. The van der Waals surface area contributed by atoms with Gasteiger partial charge in [0.25, 0.3) is 0 Å². The summed E-state index contributed by atoms with van der Waals surface area (Å²) >= 11 is 3.36. The van der Waals surface area contributed by atoms with E-state index in [1.54, 1.807) is 13.8 Å². The first kappa shape index (κ1) is 14.4. The van der Waals surface area contributed by atoms with Crippen LogP contribution in [-0.4, -0.2) is 25.3 Å². The van der Waals surface area contributed by atoms with Gasteiger partial charge in [-0.25, -0.2) is 0 Å². The van der Waals surface area contributed by atoms with Crippen LogP contribution in [0.2, 0.25) is 0 Å². The average Bonchev–Trinajstić information content (AvgIpc) is 2.77. The number of aryl methyl sites for hydroxylation is 4. The molecule has 0 aliphatic rings. The second-order valence-electron chi connectivity index (χ2n) is 3.79. The molecule has 98 valence electrons. The maximum Gasteiger partial charge on any atom is 0.312 e. The molecule has 2 aromatic heterocycles. The van der Waals surface area contributed by atoms with Crippen molar-refractivity contribution in [3.63, 3.8) is 0 Å². The van der Waals surface area contributed by atoms with Crippen molar-refractivity contribution in [1.29, 1.82) is 0 Å². The normalized spacial score (nSPS) is 9.83. The minimum absolute atomic E-state index is 0.0833. The van der Waals surface area contributed by atoms with Gasteiger partial charge in [-0.05, 0) is 43.6 Å². The number of H-pyrrole nitrogens is 2. The van der Waals surface area contributed by atoms with E-state index in [1.807, 2.05) is 13.8 Å². The molecule has 0 atom stereocenters. The maximum absolute atomic E-state index is 10.2. The molecular weight excluding hydrogens is 302 g/mol. The zero-order valence-corrected chi connectivity index (χ0v) is 12.1. The molecular formula is C10H14BrN5O2. The fourth-order valence-electron chi connectivity index (χ4n) is 1.35. The molecule has 2 heterocycles. The zero-order chi connectivity index (χ0) is 13.9. The van der Waals surface area contributed by atoms with Crippen molar-refractivity contribution >= 4 is 21.6 Å². The van der Waals surface area contributed by atoms with Crippen LogP contribution in [0.15, 0.2) is 4.47 Å². The number of hydrogen-bond donors (Lipinski definition) is 2. The minimum Gasteiger partial charge on any atom is -0.281 e. The van der Waals surface area contributed by atoms with E-state index in [0.717, 1.165) is 15.9 Å². The third kappa shape index (κ3) is 3.16. The van der Waals surface area contributed by atoms with E-state index >= 15 is 0 Å². The van der Waals surface area contributed by atoms with Crippen molar-refractivity contribution in [2.24, 2.45) is 0 Å². The van der Waals surface area contributed by atoms with E-state index in [1.165, 1.54) is 0 Å². The van der Waals surface area contributed by atoms with Crippen LogP contribution in [0, 0.1) is 37.8 Å². The Kier molecular flexibility index (Phi) is 4.60. The molecule has 0 aromatic carbocycles. The Labute approximate surface area is 112 Å². The van der Waals surface area contributed by atoms with Gasteiger partial charge in [-0.2, -0.15) is 10.2 Å². The van der Waals surface area contributed by atoms with Gasteiger partial charge in [-0.3, -0.25) is 20.3 Å². The smallest absolute Gasteiger partial charge is 0.281 e. The summed E-state index contributed by atoms with van der Waals surface area (Å²) < 4.78 is 1.08. The van der Waals surface area contributed by atoms with Gasteiger partial charge in [0, 0.05) is 5.69 Å². The Hall–Kier alpha value is -1.70. The van der Waals surface area contributed by atoms with Crippen molar-refractivity contribution in [2.75, 3.05) is 0 Å². The van der Waals surface area contributed by atoms with Gasteiger partial charge in [0.1, 0.15) is 11.4 Å². The van der Waals surface area contributed by atoms with Crippen molar-refractivity contribution in [3.05, 3.63) is 37.4 Å². The highest BCUT2D eigenvalue weighted by atomic mass is 79.9. The van der Waals surface area contributed by atoms with Crippen molar-refractivity contribution in [3.8, 4) is 0 Å². The molecule has 0 spiro atoms. The molecule has 0 aliphatic carbocycles. The highest BCUT2D eigenvalue weighted by Crippen LogP contribution is 2.18. The molecule has 0 bridgehead atoms. The Bertz CT molecular complexity index is 522. The van der Waals surface area contributed by atoms with E-state index in [2.05, 4.69) is 36.3 Å². The standard InChI is InChI=1S/C5H7BrN2.C5H7N3O2/c1-3-5(6)4(2)8-7-3;1-3-5(8(9)10)4(2)7-6-3/h1-2H3,(H,7,8);1-2H3,(H,6,7). The zero-order valence-electron chi connectivity index (χ0n) is 10.5. The molecule has 0 aliphatic heterocycles. The van der Waals surface area contributed by atoms with E-state index in [9.17, 15) is 10.1 Å². The van der Waals surface area contributed by atoms with E-state index in [-0.39, 0.29) is 5.69 Å². The van der Waals surface area contributed by atoms with Crippen molar-refractivity contribution in [2.45, 2.75) is 27.7 Å². The predicted molar refractivity (Wildman–Crippen MR) is 70.5 cm³/mol. The second kappa shape index (κ2) is 5.76. The van der Waals surface area contributed by atoms with Gasteiger partial charge in [-0.15, -0.1) is 0 Å². The summed E-state index contributed by atoms with van der Waals surface area (Å²) in [4.78, 5) is 9.81. The number of aromatic nitrogens is 4. The minimum atomic E-state index is -0.436. The van der Waals surface area contributed by atoms with Crippen LogP contribution in [0.5, 0.6) is 0 Å². The van der Waals surface area contributed by atoms with Gasteiger partial charge in [0.05, 0.1) is 15.1 Å². The van der Waals surface area contributed by atoms with Crippen LogP contribution < -0.4 is 0 Å². The predicted octanol–water partition coefficient (Wildman–Crippen LogP) is 2.72. The van der Waals surface area contributed by atoms with Crippen LogP contribution in [-0.2, 0) is 0 Å². The summed E-state index contributed by atoms with van der Waals surface area (Å²) in [7, 11) is 0. The molecule has 0 fully saturated rings. The van der Waals surface area contributed by atoms with Crippen molar-refractivity contribution in [1.82, 2.24) is 20.4 Å². The summed E-state index contributed by atoms with van der Waals surface area (Å²) in [6, 6.07) is 0. The number of nitro groups is 1. The molecule has 2 rings (SSSR count). The lowest BCUT2D eigenvalue weighted by molar-refractivity contribution is -0.386. The number of rotatable bonds is 1. The number of halogens is 1. The molecule has 8 heteroatoms. The molecule has 2 aromatic rings. The Morgan fingerprint density at radius 2 is 1.56 bits per heavy atom. The number of nitrogens with zero attached hydrogens (tertiary/aromatic N) is 3. The van der Waals surface area contributed by atoms with Gasteiger partial charge in [0.2, 0.25) is 0 Å². The maximum atomic E-state index is 10.2. The SMILES string of the molecule is Cc1n[nH]c(C)c1Br.Cc1n[nH]c(C)c1[N+](=O)[O-]. The van der Waals surface area contributed by atoms with Crippen molar-refractivity contribution < 1.29 is 4.92 Å². The second-order valence-corrected chi connectivity index (χ2v) is 4.58. The third-order valence-electron chi connectivity index (χ3n) is 2.31. The average molecular weight is 316 g/mol. The molecule has 0 radical (unpaired) electrons. The van der Waals surface area contributed by atoms with Gasteiger partial charge < -0.3 is 0 Å². The topological polar surface area (TPSA) is 100 Å². The highest BCUT2D eigenvalue weighted by molar-refractivity contribution is 9.10. The molecule has 2 N–H and O–H groups in total. The first-order valence-corrected chi connectivity index (χ1v) is 5.97. The molecule has 18 heavy (non-hydrogen) atoms. The summed E-state index contributed by atoms with van der Waals surface area (Å²) in [6.45, 7) is 7.15. The lowest BCUT2D eigenvalue weighted by atomic mass is 10.3. The van der Waals surface area contributed by atoms with E-state index in [4.69, 9.17) is 0 Å². The first-order chi connectivity index (χ1) is 8.34. The van der Waals surface area contributed by atoms with Crippen LogP contribution >= 0.6 is 15.9 Å². The van der Waals surface area contributed by atoms with Crippen LogP contribution in [0.25, 0.3) is 0 Å². The van der Waals surface area contributed by atoms with E-state index < -0.39 is 4.92 Å². The molecule has 0 unspecified atom stereocenters. The summed E-state index contributed by atoms with van der Waals surface area (Å²) in [5.41, 5.74) is 3.12. The third-order valence-corrected chi connectivity index (χ3v) is 3.48. The number of hydrogen-bond acceptors (Lipinski definition) is 4. The first-order valence-electron chi connectivity index (χ1n) is 5.17. The van der Waals surface area contributed by atoms with Crippen LogP contribution in [0.1, 0.15) is 22.8 Å². The summed E-state index contributed by atoms with van der Waals surface area (Å²) in [5, 5.41) is 23.2. The largest absolute Gasteiger partial charge is 0.312 e. The van der Waals surface area contributed by atoms with Crippen LogP contribution in [0.3, 0.4) is 0 Å². The lowest BCUT2D eigenvalue weighted by Gasteiger charge is -1.85. The molecule has 0 saturated heterocycles. The van der Waals surface area contributed by atoms with Gasteiger partial charge >= 0.3 is 5.69 Å². The highest BCUT2D eigenvalue weighted by Gasteiger charge is 2.16. The monoisotopic (exact) mass is 315 g/mol. The lowest BCUT2D eigenvalue weighted by Crippen LogP contribution is -1.89.